The van der Waals surface area contributed by atoms with Crippen LogP contribution in [0.4, 0.5) is 0 Å². The Morgan fingerprint density at radius 2 is 2.35 bits per heavy atom. The number of thioether (sulfide) groups is 1. The Labute approximate surface area is 123 Å². The number of carbonyl (C=O) groups excluding carboxylic acids is 2. The van der Waals surface area contributed by atoms with E-state index >= 15 is 0 Å². The standard InChI is InChI=1S/C14H20N2O3S/c1-4-9(2)15-13(18)12-8-20-14(16(12)10(3)17)11-5-6-19-7-11/h5-7,9,12,14H,4,8H2,1-3H3,(H,15,18). The van der Waals surface area contributed by atoms with Gasteiger partial charge in [-0.1, -0.05) is 6.92 Å². The fraction of sp³-hybridized carbons (Fsp3) is 0.571. The molecule has 1 fully saturated rings. The van der Waals surface area contributed by atoms with Gasteiger partial charge in [0, 0.05) is 24.3 Å². The zero-order valence-electron chi connectivity index (χ0n) is 12.0. The van der Waals surface area contributed by atoms with Crippen molar-refractivity contribution in [3.8, 4) is 0 Å². The molecule has 0 aliphatic carbocycles. The first kappa shape index (κ1) is 15.0. The number of carbonyl (C=O) groups is 2. The molecule has 1 N–H and O–H groups in total. The van der Waals surface area contributed by atoms with Gasteiger partial charge in [0.2, 0.25) is 11.8 Å². The van der Waals surface area contributed by atoms with Crippen LogP contribution in [0.25, 0.3) is 0 Å². The number of rotatable bonds is 4. The van der Waals surface area contributed by atoms with Crippen LogP contribution in [-0.2, 0) is 9.59 Å². The summed E-state index contributed by atoms with van der Waals surface area (Å²) < 4.78 is 5.08. The van der Waals surface area contributed by atoms with Crippen LogP contribution in [0.1, 0.15) is 38.1 Å². The van der Waals surface area contributed by atoms with Gasteiger partial charge in [0.05, 0.1) is 12.5 Å². The zero-order chi connectivity index (χ0) is 14.7. The Morgan fingerprint density at radius 1 is 1.60 bits per heavy atom. The lowest BCUT2D eigenvalue weighted by Crippen LogP contribution is -2.49. The largest absolute Gasteiger partial charge is 0.472 e. The third-order valence-corrected chi connectivity index (χ3v) is 4.82. The van der Waals surface area contributed by atoms with Crippen LogP contribution in [0.15, 0.2) is 23.0 Å². The van der Waals surface area contributed by atoms with E-state index in [4.69, 9.17) is 4.42 Å². The van der Waals surface area contributed by atoms with Crippen LogP contribution in [0, 0.1) is 0 Å². The molecule has 3 atom stereocenters. The van der Waals surface area contributed by atoms with Gasteiger partial charge in [-0.25, -0.2) is 0 Å². The molecular formula is C14H20N2O3S. The highest BCUT2D eigenvalue weighted by atomic mass is 32.2. The molecule has 1 aromatic rings. The van der Waals surface area contributed by atoms with Crippen LogP contribution in [0.2, 0.25) is 0 Å². The first-order chi connectivity index (χ1) is 9.54. The third kappa shape index (κ3) is 3.00. The van der Waals surface area contributed by atoms with E-state index in [1.165, 1.54) is 6.92 Å². The van der Waals surface area contributed by atoms with Crippen LogP contribution in [0.3, 0.4) is 0 Å². The molecule has 2 rings (SSSR count). The molecule has 0 saturated carbocycles. The van der Waals surface area contributed by atoms with Crippen molar-refractivity contribution in [3.63, 3.8) is 0 Å². The van der Waals surface area contributed by atoms with Gasteiger partial charge in [0.25, 0.3) is 0 Å². The van der Waals surface area contributed by atoms with E-state index in [1.807, 2.05) is 19.9 Å². The summed E-state index contributed by atoms with van der Waals surface area (Å²) in [6.45, 7) is 5.49. The van der Waals surface area contributed by atoms with Crippen LogP contribution < -0.4 is 5.32 Å². The normalized spacial score (nSPS) is 23.6. The maximum absolute atomic E-state index is 12.3. The lowest BCUT2D eigenvalue weighted by molar-refractivity contribution is -0.138. The number of nitrogens with zero attached hydrogens (tertiary/aromatic N) is 1. The van der Waals surface area contributed by atoms with Crippen molar-refractivity contribution in [2.75, 3.05) is 5.75 Å². The molecule has 1 aliphatic heterocycles. The van der Waals surface area contributed by atoms with Crippen LogP contribution >= 0.6 is 11.8 Å². The highest BCUT2D eigenvalue weighted by Crippen LogP contribution is 2.41. The molecule has 5 nitrogen and oxygen atoms in total. The smallest absolute Gasteiger partial charge is 0.243 e. The zero-order valence-corrected chi connectivity index (χ0v) is 12.8. The average Bonchev–Trinajstić information content (AvgIpc) is 3.06. The summed E-state index contributed by atoms with van der Waals surface area (Å²) in [6.07, 6.45) is 4.08. The molecule has 1 saturated heterocycles. The Kier molecular flexibility index (Phi) is 4.75. The van der Waals surface area contributed by atoms with E-state index in [1.54, 1.807) is 29.2 Å². The van der Waals surface area contributed by atoms with Crippen LogP contribution in [0.5, 0.6) is 0 Å². The summed E-state index contributed by atoms with van der Waals surface area (Å²) in [5.74, 6) is 0.441. The molecule has 2 heterocycles. The molecule has 1 aromatic heterocycles. The first-order valence-corrected chi connectivity index (χ1v) is 7.82. The van der Waals surface area contributed by atoms with Gasteiger partial charge in [-0.2, -0.15) is 0 Å². The summed E-state index contributed by atoms with van der Waals surface area (Å²) in [5.41, 5.74) is 0.920. The summed E-state index contributed by atoms with van der Waals surface area (Å²) in [7, 11) is 0. The van der Waals surface area contributed by atoms with Gasteiger partial charge in [-0.15, -0.1) is 11.8 Å². The predicted molar refractivity (Wildman–Crippen MR) is 78.1 cm³/mol. The van der Waals surface area contributed by atoms with Crippen molar-refractivity contribution in [1.82, 2.24) is 10.2 Å². The highest BCUT2D eigenvalue weighted by Gasteiger charge is 2.41. The molecule has 0 bridgehead atoms. The molecule has 2 amide bonds. The fourth-order valence-electron chi connectivity index (χ4n) is 2.21. The molecule has 6 heteroatoms. The minimum absolute atomic E-state index is 0.0759. The molecule has 3 unspecified atom stereocenters. The first-order valence-electron chi connectivity index (χ1n) is 6.77. The SMILES string of the molecule is CCC(C)NC(=O)C1CSC(c2ccoc2)N1C(C)=O. The second-order valence-electron chi connectivity index (χ2n) is 5.00. The topological polar surface area (TPSA) is 62.6 Å². The number of furan rings is 1. The Morgan fingerprint density at radius 3 is 2.90 bits per heavy atom. The lowest BCUT2D eigenvalue weighted by atomic mass is 10.2. The van der Waals surface area contributed by atoms with E-state index in [0.29, 0.717) is 5.75 Å². The fourth-order valence-corrected chi connectivity index (χ4v) is 3.67. The van der Waals surface area contributed by atoms with E-state index in [0.717, 1.165) is 12.0 Å². The Bertz CT molecular complexity index is 475. The van der Waals surface area contributed by atoms with E-state index in [2.05, 4.69) is 5.32 Å². The monoisotopic (exact) mass is 296 g/mol. The summed E-state index contributed by atoms with van der Waals surface area (Å²) in [6, 6.07) is 1.54. The van der Waals surface area contributed by atoms with Gasteiger partial charge >= 0.3 is 0 Å². The van der Waals surface area contributed by atoms with Crippen molar-refractivity contribution in [3.05, 3.63) is 24.2 Å². The van der Waals surface area contributed by atoms with Crippen molar-refractivity contribution in [2.24, 2.45) is 0 Å². The summed E-state index contributed by atoms with van der Waals surface area (Å²) in [4.78, 5) is 25.9. The van der Waals surface area contributed by atoms with Crippen molar-refractivity contribution in [2.45, 2.75) is 44.6 Å². The molecule has 0 spiro atoms. The molecule has 0 aromatic carbocycles. The minimum Gasteiger partial charge on any atom is -0.472 e. The number of nitrogens with one attached hydrogen (secondary N) is 1. The Hall–Kier alpha value is -1.43. The van der Waals surface area contributed by atoms with E-state index in [9.17, 15) is 9.59 Å². The van der Waals surface area contributed by atoms with Crippen molar-refractivity contribution < 1.29 is 14.0 Å². The van der Waals surface area contributed by atoms with Crippen molar-refractivity contribution in [1.29, 1.82) is 0 Å². The quantitative estimate of drug-likeness (QED) is 0.925. The van der Waals surface area contributed by atoms with Gasteiger partial charge in [0.1, 0.15) is 11.4 Å². The van der Waals surface area contributed by atoms with Gasteiger partial charge < -0.3 is 14.6 Å². The maximum Gasteiger partial charge on any atom is 0.243 e. The van der Waals surface area contributed by atoms with Gasteiger partial charge in [-0.3, -0.25) is 9.59 Å². The summed E-state index contributed by atoms with van der Waals surface area (Å²) in [5, 5.41) is 2.81. The van der Waals surface area contributed by atoms with Gasteiger partial charge in [0.15, 0.2) is 0 Å². The van der Waals surface area contributed by atoms with E-state index in [-0.39, 0.29) is 23.2 Å². The molecule has 1 aliphatic rings. The Balaban J connectivity index is 2.14. The van der Waals surface area contributed by atoms with Crippen molar-refractivity contribution >= 4 is 23.6 Å². The van der Waals surface area contributed by atoms with E-state index < -0.39 is 6.04 Å². The van der Waals surface area contributed by atoms with Crippen LogP contribution in [-0.4, -0.2) is 34.6 Å². The summed E-state index contributed by atoms with van der Waals surface area (Å²) >= 11 is 1.59. The molecular weight excluding hydrogens is 276 g/mol. The second kappa shape index (κ2) is 6.35. The number of hydrogen-bond donors (Lipinski definition) is 1. The number of hydrogen-bond acceptors (Lipinski definition) is 4. The maximum atomic E-state index is 12.3. The molecule has 20 heavy (non-hydrogen) atoms. The predicted octanol–water partition coefficient (Wildman–Crippen LogP) is 2.16. The lowest BCUT2D eigenvalue weighted by Gasteiger charge is -2.27. The average molecular weight is 296 g/mol. The second-order valence-corrected chi connectivity index (χ2v) is 6.12. The molecule has 110 valence electrons. The third-order valence-electron chi connectivity index (χ3n) is 3.50. The minimum atomic E-state index is -0.411. The van der Waals surface area contributed by atoms with Gasteiger partial charge in [-0.05, 0) is 19.4 Å². The number of amides is 2. The molecule has 0 radical (unpaired) electrons. The highest BCUT2D eigenvalue weighted by molar-refractivity contribution is 7.99.